The number of carboxylic acid groups (broad SMARTS) is 1. The number of piperazine rings is 1. The molecule has 0 unspecified atom stereocenters. The lowest BCUT2D eigenvalue weighted by Gasteiger charge is -2.42. The van der Waals surface area contributed by atoms with E-state index >= 15 is 0 Å². The molecular weight excluding hydrogens is 308 g/mol. The van der Waals surface area contributed by atoms with Crippen LogP contribution in [0.5, 0.6) is 11.5 Å². The number of ether oxygens (including phenoxy) is 2. The van der Waals surface area contributed by atoms with Crippen LogP contribution in [0.2, 0.25) is 0 Å². The summed E-state index contributed by atoms with van der Waals surface area (Å²) in [4.78, 5) is 16.4. The van der Waals surface area contributed by atoms with Crippen LogP contribution in [0.25, 0.3) is 0 Å². The molecule has 1 atom stereocenters. The Bertz CT molecular complexity index is 589. The summed E-state index contributed by atoms with van der Waals surface area (Å²) in [6.07, 6.45) is 0. The molecule has 0 amide bonds. The predicted octanol–water partition coefficient (Wildman–Crippen LogP) is 2.32. The lowest BCUT2D eigenvalue weighted by Crippen LogP contribution is -2.53. The number of hydrogen-bond acceptors (Lipinski definition) is 5. The molecule has 1 heterocycles. The Kier molecular flexibility index (Phi) is 6.07. The van der Waals surface area contributed by atoms with Crippen molar-refractivity contribution in [2.24, 2.45) is 0 Å². The Hall–Kier alpha value is -1.79. The first-order valence-electron chi connectivity index (χ1n) is 8.33. The molecule has 0 saturated carbocycles. The molecule has 0 aromatic heterocycles. The first-order chi connectivity index (χ1) is 11.4. The van der Waals surface area contributed by atoms with Crippen molar-refractivity contribution in [3.05, 3.63) is 23.3 Å². The van der Waals surface area contributed by atoms with E-state index in [9.17, 15) is 9.90 Å². The number of hydrogen-bond donors (Lipinski definition) is 1. The summed E-state index contributed by atoms with van der Waals surface area (Å²) in [6, 6.07) is 4.27. The maximum absolute atomic E-state index is 11.7. The molecule has 1 aromatic rings. The first kappa shape index (κ1) is 18.5. The molecule has 0 radical (unpaired) electrons. The molecule has 6 heteroatoms. The monoisotopic (exact) mass is 336 g/mol. The van der Waals surface area contributed by atoms with Gasteiger partial charge in [0.2, 0.25) is 0 Å². The fourth-order valence-corrected chi connectivity index (χ4v) is 3.46. The standard InChI is InChI=1S/C18H28N2O4/c1-12(2)20-7-6-19(10-13(20)3)11-16-15(18(21)22)8-14(23-4)9-17(16)24-5/h8-9,12-13H,6-7,10-11H2,1-5H3,(H,21,22)/t13-/m0/s1. The summed E-state index contributed by atoms with van der Waals surface area (Å²) in [7, 11) is 3.08. The number of aromatic carboxylic acids is 1. The third kappa shape index (κ3) is 3.99. The highest BCUT2D eigenvalue weighted by Gasteiger charge is 2.27. The van der Waals surface area contributed by atoms with Crippen LogP contribution in [0.3, 0.4) is 0 Å². The molecule has 1 aliphatic heterocycles. The van der Waals surface area contributed by atoms with Gasteiger partial charge in [0.1, 0.15) is 11.5 Å². The predicted molar refractivity (Wildman–Crippen MR) is 93.1 cm³/mol. The molecule has 1 saturated heterocycles. The van der Waals surface area contributed by atoms with Crippen molar-refractivity contribution in [1.29, 1.82) is 0 Å². The zero-order valence-electron chi connectivity index (χ0n) is 15.2. The molecule has 134 valence electrons. The molecule has 6 nitrogen and oxygen atoms in total. The van der Waals surface area contributed by atoms with E-state index in [1.165, 1.54) is 7.11 Å². The van der Waals surface area contributed by atoms with Crippen LogP contribution in [0, 0.1) is 0 Å². The quantitative estimate of drug-likeness (QED) is 0.860. The topological polar surface area (TPSA) is 62.2 Å². The van der Waals surface area contributed by atoms with Crippen LogP contribution in [0.1, 0.15) is 36.7 Å². The van der Waals surface area contributed by atoms with Crippen molar-refractivity contribution in [1.82, 2.24) is 9.80 Å². The maximum atomic E-state index is 11.7. The zero-order valence-corrected chi connectivity index (χ0v) is 15.2. The number of carboxylic acids is 1. The van der Waals surface area contributed by atoms with E-state index in [4.69, 9.17) is 9.47 Å². The Balaban J connectivity index is 2.24. The first-order valence-corrected chi connectivity index (χ1v) is 8.33. The lowest BCUT2D eigenvalue weighted by molar-refractivity contribution is 0.0552. The molecule has 1 N–H and O–H groups in total. The lowest BCUT2D eigenvalue weighted by atomic mass is 10.0. The summed E-state index contributed by atoms with van der Waals surface area (Å²) >= 11 is 0. The van der Waals surface area contributed by atoms with Gasteiger partial charge in [-0.25, -0.2) is 4.79 Å². The number of benzene rings is 1. The SMILES string of the molecule is COc1cc(OC)c(CN2CCN(C(C)C)[C@@H](C)C2)c(C(=O)O)c1. The van der Waals surface area contributed by atoms with Gasteiger partial charge in [-0.15, -0.1) is 0 Å². The highest BCUT2D eigenvalue weighted by atomic mass is 16.5. The number of carbonyl (C=O) groups is 1. The van der Waals surface area contributed by atoms with Crippen molar-refractivity contribution in [2.75, 3.05) is 33.9 Å². The maximum Gasteiger partial charge on any atom is 0.336 e. The van der Waals surface area contributed by atoms with Gasteiger partial charge in [-0.05, 0) is 26.8 Å². The van der Waals surface area contributed by atoms with Crippen molar-refractivity contribution < 1.29 is 19.4 Å². The Morgan fingerprint density at radius 3 is 2.50 bits per heavy atom. The molecular formula is C18H28N2O4. The fraction of sp³-hybridized carbons (Fsp3) is 0.611. The number of nitrogens with zero attached hydrogens (tertiary/aromatic N) is 2. The molecule has 1 fully saturated rings. The smallest absolute Gasteiger partial charge is 0.336 e. The summed E-state index contributed by atoms with van der Waals surface area (Å²) < 4.78 is 10.6. The van der Waals surface area contributed by atoms with E-state index in [2.05, 4.69) is 30.6 Å². The van der Waals surface area contributed by atoms with Gasteiger partial charge >= 0.3 is 5.97 Å². The molecule has 0 spiro atoms. The van der Waals surface area contributed by atoms with Gasteiger partial charge in [-0.3, -0.25) is 9.80 Å². The second-order valence-electron chi connectivity index (χ2n) is 6.58. The Morgan fingerprint density at radius 2 is 2.00 bits per heavy atom. The minimum absolute atomic E-state index is 0.241. The van der Waals surface area contributed by atoms with Crippen molar-refractivity contribution >= 4 is 5.97 Å². The van der Waals surface area contributed by atoms with Crippen LogP contribution in [0.15, 0.2) is 12.1 Å². The van der Waals surface area contributed by atoms with Crippen LogP contribution in [-0.4, -0.2) is 66.8 Å². The summed E-state index contributed by atoms with van der Waals surface area (Å²) in [5, 5.41) is 9.56. The van der Waals surface area contributed by atoms with Crippen molar-refractivity contribution in [2.45, 2.75) is 39.4 Å². The number of methoxy groups -OCH3 is 2. The molecule has 2 rings (SSSR count). The van der Waals surface area contributed by atoms with Gasteiger partial charge in [-0.1, -0.05) is 0 Å². The molecule has 24 heavy (non-hydrogen) atoms. The zero-order chi connectivity index (χ0) is 17.9. The van der Waals surface area contributed by atoms with E-state index in [-0.39, 0.29) is 5.56 Å². The second-order valence-corrected chi connectivity index (χ2v) is 6.58. The molecule has 0 aliphatic carbocycles. The van der Waals surface area contributed by atoms with Gasteiger partial charge < -0.3 is 14.6 Å². The third-order valence-electron chi connectivity index (χ3n) is 4.68. The molecule has 1 aromatic carbocycles. The van der Waals surface area contributed by atoms with Crippen molar-refractivity contribution in [3.8, 4) is 11.5 Å². The highest BCUT2D eigenvalue weighted by molar-refractivity contribution is 5.91. The van der Waals surface area contributed by atoms with E-state index in [1.54, 1.807) is 19.2 Å². The van der Waals surface area contributed by atoms with Gasteiger partial charge in [0.05, 0.1) is 19.8 Å². The molecule has 1 aliphatic rings. The third-order valence-corrected chi connectivity index (χ3v) is 4.68. The Labute approximate surface area is 144 Å². The number of rotatable bonds is 6. The Morgan fingerprint density at radius 1 is 1.29 bits per heavy atom. The largest absolute Gasteiger partial charge is 0.497 e. The minimum atomic E-state index is -0.962. The average molecular weight is 336 g/mol. The summed E-state index contributed by atoms with van der Waals surface area (Å²) in [5.74, 6) is 0.0905. The van der Waals surface area contributed by atoms with Gasteiger partial charge in [0.25, 0.3) is 0 Å². The van der Waals surface area contributed by atoms with Crippen molar-refractivity contribution in [3.63, 3.8) is 0 Å². The van der Waals surface area contributed by atoms with E-state index in [0.717, 1.165) is 19.6 Å². The van der Waals surface area contributed by atoms with Gasteiger partial charge in [0, 0.05) is 49.9 Å². The van der Waals surface area contributed by atoms with E-state index in [1.807, 2.05) is 0 Å². The highest BCUT2D eigenvalue weighted by Crippen LogP contribution is 2.30. The fourth-order valence-electron chi connectivity index (χ4n) is 3.46. The second kappa shape index (κ2) is 7.85. The van der Waals surface area contributed by atoms with Crippen LogP contribution in [0.4, 0.5) is 0 Å². The van der Waals surface area contributed by atoms with Crippen LogP contribution >= 0.6 is 0 Å². The summed E-state index contributed by atoms with van der Waals surface area (Å²) in [6.45, 7) is 10.0. The normalized spacial score (nSPS) is 19.5. The van der Waals surface area contributed by atoms with E-state index < -0.39 is 5.97 Å². The average Bonchev–Trinajstić information content (AvgIpc) is 2.54. The summed E-state index contributed by atoms with van der Waals surface area (Å²) in [5.41, 5.74) is 0.945. The van der Waals surface area contributed by atoms with Gasteiger partial charge in [0.15, 0.2) is 0 Å². The van der Waals surface area contributed by atoms with Gasteiger partial charge in [-0.2, -0.15) is 0 Å². The van der Waals surface area contributed by atoms with Crippen LogP contribution in [-0.2, 0) is 6.54 Å². The molecule has 0 bridgehead atoms. The van der Waals surface area contributed by atoms with E-state index in [0.29, 0.717) is 35.7 Å². The van der Waals surface area contributed by atoms with Crippen LogP contribution < -0.4 is 9.47 Å². The minimum Gasteiger partial charge on any atom is -0.497 e.